The van der Waals surface area contributed by atoms with Crippen molar-refractivity contribution in [1.29, 1.82) is 0 Å². The highest BCUT2D eigenvalue weighted by atomic mass is 19.4. The second-order valence-electron chi connectivity index (χ2n) is 8.57. The lowest BCUT2D eigenvalue weighted by molar-refractivity contribution is -0.384. The van der Waals surface area contributed by atoms with Gasteiger partial charge in [0, 0.05) is 18.2 Å². The third kappa shape index (κ3) is 5.77. The van der Waals surface area contributed by atoms with Crippen molar-refractivity contribution >= 4 is 34.8 Å². The van der Waals surface area contributed by atoms with Gasteiger partial charge in [-0.3, -0.25) is 29.8 Å². The van der Waals surface area contributed by atoms with Gasteiger partial charge in [-0.2, -0.15) is 13.2 Å². The highest BCUT2D eigenvalue weighted by molar-refractivity contribution is 6.01. The van der Waals surface area contributed by atoms with E-state index in [4.69, 9.17) is 4.74 Å². The van der Waals surface area contributed by atoms with Crippen LogP contribution in [0.5, 0.6) is 5.75 Å². The van der Waals surface area contributed by atoms with Crippen LogP contribution < -0.4 is 31.3 Å². The molecule has 0 spiro atoms. The molecule has 4 atom stereocenters. The Labute approximate surface area is 213 Å². The van der Waals surface area contributed by atoms with Crippen LogP contribution in [-0.4, -0.2) is 41.7 Å². The Bertz CT molecular complexity index is 1270. The smallest absolute Gasteiger partial charge is 0.416 e. The van der Waals surface area contributed by atoms with Gasteiger partial charge < -0.3 is 26.0 Å². The Balaban J connectivity index is 1.50. The van der Waals surface area contributed by atoms with Crippen molar-refractivity contribution in [3.8, 4) is 5.75 Å². The first-order valence-corrected chi connectivity index (χ1v) is 11.5. The van der Waals surface area contributed by atoms with Gasteiger partial charge in [-0.25, -0.2) is 0 Å². The van der Waals surface area contributed by atoms with E-state index in [-0.39, 0.29) is 35.8 Å². The molecule has 0 saturated carbocycles. The van der Waals surface area contributed by atoms with Crippen molar-refractivity contribution in [1.82, 2.24) is 16.0 Å². The Hall–Kier alpha value is -4.40. The number of nitro groups is 1. The van der Waals surface area contributed by atoms with Crippen LogP contribution in [0.3, 0.4) is 0 Å². The van der Waals surface area contributed by atoms with Crippen LogP contribution in [0.15, 0.2) is 42.5 Å². The van der Waals surface area contributed by atoms with E-state index in [0.29, 0.717) is 0 Å². The molecule has 3 amide bonds. The van der Waals surface area contributed by atoms with Gasteiger partial charge in [0.2, 0.25) is 17.7 Å². The second kappa shape index (κ2) is 10.5. The summed E-state index contributed by atoms with van der Waals surface area (Å²) in [5.41, 5.74) is -0.950. The lowest BCUT2D eigenvalue weighted by atomic mass is 9.81. The molecule has 0 radical (unpaired) electrons. The molecule has 202 valence electrons. The fraction of sp³-hybridized carbons (Fsp3) is 0.348. The normalized spacial score (nSPS) is 22.9. The predicted octanol–water partition coefficient (Wildman–Crippen LogP) is 2.14. The van der Waals surface area contributed by atoms with Gasteiger partial charge >= 0.3 is 6.18 Å². The van der Waals surface area contributed by atoms with Crippen molar-refractivity contribution in [2.45, 2.75) is 32.0 Å². The number of ether oxygens (including phenoxy) is 1. The number of nitrogens with zero attached hydrogens (tertiary/aromatic N) is 1. The summed E-state index contributed by atoms with van der Waals surface area (Å²) in [6.07, 6.45) is -6.93. The number of piperidine rings is 1. The van der Waals surface area contributed by atoms with E-state index >= 15 is 0 Å². The molecule has 2 aromatic rings. The summed E-state index contributed by atoms with van der Waals surface area (Å²) in [7, 11) is 0. The Morgan fingerprint density at radius 3 is 2.63 bits per heavy atom. The van der Waals surface area contributed by atoms with Gasteiger partial charge in [-0.05, 0) is 31.2 Å². The summed E-state index contributed by atoms with van der Waals surface area (Å²) in [5, 5.41) is 24.4. The van der Waals surface area contributed by atoms with Gasteiger partial charge in [0.25, 0.3) is 5.69 Å². The van der Waals surface area contributed by atoms with E-state index in [1.807, 2.05) is 0 Å². The average molecular weight is 536 g/mol. The Morgan fingerprint density at radius 1 is 1.18 bits per heavy atom. The number of alkyl halides is 3. The largest absolute Gasteiger partial charge is 0.491 e. The van der Waals surface area contributed by atoms with Crippen LogP contribution in [0.2, 0.25) is 0 Å². The van der Waals surface area contributed by atoms with Crippen LogP contribution in [0.25, 0.3) is 0 Å². The number of fused-ring (bicyclic) bond motifs is 1. The molecule has 2 saturated heterocycles. The van der Waals surface area contributed by atoms with Crippen LogP contribution in [-0.2, 0) is 20.6 Å². The number of amides is 3. The van der Waals surface area contributed by atoms with Gasteiger partial charge in [0.1, 0.15) is 5.75 Å². The Morgan fingerprint density at radius 2 is 1.95 bits per heavy atom. The molecule has 2 aliphatic heterocycles. The molecule has 2 heterocycles. The quantitative estimate of drug-likeness (QED) is 0.265. The first-order chi connectivity index (χ1) is 18.0. The summed E-state index contributed by atoms with van der Waals surface area (Å²) in [4.78, 5) is 49.1. The number of nitro benzene ring substituents is 1. The minimum atomic E-state index is -4.56. The maximum absolute atomic E-state index is 13.2. The van der Waals surface area contributed by atoms with Crippen molar-refractivity contribution in [3.05, 3.63) is 58.1 Å². The SMILES string of the molecule is CCOc1cc([N+](=O)[O-])ccc1NC(=O)C1CC(=O)NC2NC(Nc3cccc(C(F)(F)F)c3)NC(=O)C21. The monoisotopic (exact) mass is 536 g/mol. The number of non-ortho nitro benzene ring substituents is 1. The second-order valence-corrected chi connectivity index (χ2v) is 8.57. The van der Waals surface area contributed by atoms with Crippen molar-refractivity contribution in [3.63, 3.8) is 0 Å². The maximum atomic E-state index is 13.2. The lowest BCUT2D eigenvalue weighted by Gasteiger charge is -2.43. The number of anilines is 2. The third-order valence-corrected chi connectivity index (χ3v) is 6.02. The standard InChI is InChI=1S/C23H23F3N6O6/c1-2-38-16-9-13(32(36)37)6-7-15(16)28-20(34)14-10-17(33)29-19-18(14)21(35)31-22(30-19)27-12-5-3-4-11(8-12)23(24,25)26/h3-9,14,18-19,22,27,30H,2,10H2,1H3,(H,28,34)(H,29,33)(H,31,35). The molecular weight excluding hydrogens is 513 g/mol. The molecule has 12 nitrogen and oxygen atoms in total. The molecular formula is C23H23F3N6O6. The van der Waals surface area contributed by atoms with E-state index in [0.717, 1.165) is 18.2 Å². The highest BCUT2D eigenvalue weighted by Crippen LogP contribution is 2.33. The van der Waals surface area contributed by atoms with E-state index in [1.165, 1.54) is 24.3 Å². The number of hydrogen-bond acceptors (Lipinski definition) is 8. The maximum Gasteiger partial charge on any atom is 0.416 e. The topological polar surface area (TPSA) is 164 Å². The summed E-state index contributed by atoms with van der Waals surface area (Å²) >= 11 is 0. The van der Waals surface area contributed by atoms with Crippen molar-refractivity contribution < 1.29 is 37.2 Å². The molecule has 0 aromatic heterocycles. The molecule has 2 aromatic carbocycles. The average Bonchev–Trinajstić information content (AvgIpc) is 2.84. The van der Waals surface area contributed by atoms with Gasteiger partial charge in [0.05, 0.1) is 46.8 Å². The molecule has 0 aliphatic carbocycles. The number of halogens is 3. The number of benzene rings is 2. The van der Waals surface area contributed by atoms with Gasteiger partial charge in [-0.15, -0.1) is 0 Å². The number of carbonyl (C=O) groups excluding carboxylic acids is 3. The molecule has 4 unspecified atom stereocenters. The predicted molar refractivity (Wildman–Crippen MR) is 127 cm³/mol. The minimum absolute atomic E-state index is 0.0448. The van der Waals surface area contributed by atoms with Gasteiger partial charge in [-0.1, -0.05) is 6.07 Å². The molecule has 4 rings (SSSR count). The number of rotatable bonds is 7. The highest BCUT2D eigenvalue weighted by Gasteiger charge is 2.48. The zero-order valence-corrected chi connectivity index (χ0v) is 19.8. The lowest BCUT2D eigenvalue weighted by Crippen LogP contribution is -2.72. The van der Waals surface area contributed by atoms with Crippen LogP contribution in [0, 0.1) is 22.0 Å². The summed E-state index contributed by atoms with van der Waals surface area (Å²) in [5.74, 6) is -3.97. The van der Waals surface area contributed by atoms with Crippen molar-refractivity contribution in [2.75, 3.05) is 17.2 Å². The third-order valence-electron chi connectivity index (χ3n) is 6.02. The molecule has 38 heavy (non-hydrogen) atoms. The summed E-state index contributed by atoms with van der Waals surface area (Å²) in [6.45, 7) is 1.82. The zero-order chi connectivity index (χ0) is 27.6. The fourth-order valence-electron chi connectivity index (χ4n) is 4.33. The Kier molecular flexibility index (Phi) is 7.39. The van der Waals surface area contributed by atoms with E-state index < -0.39 is 58.7 Å². The molecule has 0 bridgehead atoms. The number of nitrogens with one attached hydrogen (secondary N) is 5. The number of carbonyl (C=O) groups is 3. The molecule has 2 fully saturated rings. The van der Waals surface area contributed by atoms with Crippen molar-refractivity contribution in [2.24, 2.45) is 11.8 Å². The van der Waals surface area contributed by atoms with Gasteiger partial charge in [0.15, 0.2) is 6.29 Å². The minimum Gasteiger partial charge on any atom is -0.491 e. The van der Waals surface area contributed by atoms with E-state index in [9.17, 15) is 37.7 Å². The molecule has 2 aliphatic rings. The molecule has 5 N–H and O–H groups in total. The van der Waals surface area contributed by atoms with E-state index in [1.54, 1.807) is 6.92 Å². The number of hydrogen-bond donors (Lipinski definition) is 5. The first kappa shape index (κ1) is 26.7. The van der Waals surface area contributed by atoms with Crippen LogP contribution >= 0.6 is 0 Å². The molecule has 15 heteroatoms. The van der Waals surface area contributed by atoms with Crippen LogP contribution in [0.1, 0.15) is 18.9 Å². The zero-order valence-electron chi connectivity index (χ0n) is 19.8. The first-order valence-electron chi connectivity index (χ1n) is 11.5. The summed E-state index contributed by atoms with van der Waals surface area (Å²) in [6, 6.07) is 7.97. The van der Waals surface area contributed by atoms with Crippen LogP contribution in [0.4, 0.5) is 30.2 Å². The van der Waals surface area contributed by atoms with E-state index in [2.05, 4.69) is 26.6 Å². The fourth-order valence-corrected chi connectivity index (χ4v) is 4.33. The summed E-state index contributed by atoms with van der Waals surface area (Å²) < 4.78 is 44.5.